The smallest absolute Gasteiger partial charge is 0.240 e. The largest absolute Gasteiger partial charge is 0.324 e. The van der Waals surface area contributed by atoms with Crippen molar-refractivity contribution in [1.82, 2.24) is 4.72 Å². The lowest BCUT2D eigenvalue weighted by Crippen LogP contribution is -2.26. The van der Waals surface area contributed by atoms with E-state index in [-0.39, 0.29) is 10.9 Å². The van der Waals surface area contributed by atoms with Gasteiger partial charge in [-0.1, -0.05) is 32.9 Å². The molecule has 0 aliphatic heterocycles. The van der Waals surface area contributed by atoms with Gasteiger partial charge in [-0.05, 0) is 36.5 Å². The topological polar surface area (TPSA) is 72.2 Å². The Bertz CT molecular complexity index is 498. The summed E-state index contributed by atoms with van der Waals surface area (Å²) in [7, 11) is -3.43. The van der Waals surface area contributed by atoms with E-state index >= 15 is 0 Å². The Labute approximate surface area is 116 Å². The van der Waals surface area contributed by atoms with Crippen molar-refractivity contribution < 1.29 is 8.42 Å². The highest BCUT2D eigenvalue weighted by Gasteiger charge is 2.15. The van der Waals surface area contributed by atoms with Gasteiger partial charge >= 0.3 is 0 Å². The third kappa shape index (κ3) is 4.93. The molecule has 1 aromatic carbocycles. The minimum Gasteiger partial charge on any atom is -0.324 e. The van der Waals surface area contributed by atoms with Gasteiger partial charge in [-0.15, -0.1) is 0 Å². The average Bonchev–Trinajstić information content (AvgIpc) is 2.37. The summed E-state index contributed by atoms with van der Waals surface area (Å²) in [5.74, 6) is 0.475. The van der Waals surface area contributed by atoms with Crippen LogP contribution in [0.2, 0.25) is 0 Å². The standard InChI is InChI=1S/C14H24N2O2S/c1-4-14(15)12-6-5-7-13(10-12)19(17,18)16-9-8-11(2)3/h5-7,10-11,14,16H,4,8-9,15H2,1-3H3. The second-order valence-corrected chi connectivity index (χ2v) is 6.93. The molecule has 3 N–H and O–H groups in total. The van der Waals surface area contributed by atoms with Gasteiger partial charge < -0.3 is 5.73 Å². The summed E-state index contributed by atoms with van der Waals surface area (Å²) >= 11 is 0. The van der Waals surface area contributed by atoms with E-state index in [0.717, 1.165) is 18.4 Å². The number of nitrogens with two attached hydrogens (primary N) is 1. The van der Waals surface area contributed by atoms with Gasteiger partial charge in [-0.3, -0.25) is 0 Å². The molecule has 0 amide bonds. The van der Waals surface area contributed by atoms with Crippen LogP contribution in [0.3, 0.4) is 0 Å². The zero-order valence-corrected chi connectivity index (χ0v) is 12.7. The van der Waals surface area contributed by atoms with Crippen molar-refractivity contribution in [2.45, 2.75) is 44.6 Å². The van der Waals surface area contributed by atoms with E-state index in [9.17, 15) is 8.42 Å². The molecule has 0 aliphatic carbocycles. The molecular weight excluding hydrogens is 260 g/mol. The van der Waals surface area contributed by atoms with E-state index in [1.807, 2.05) is 13.0 Å². The Balaban J connectivity index is 2.83. The molecule has 1 unspecified atom stereocenters. The molecule has 0 saturated heterocycles. The maximum Gasteiger partial charge on any atom is 0.240 e. The maximum atomic E-state index is 12.1. The molecule has 5 heteroatoms. The fraction of sp³-hybridized carbons (Fsp3) is 0.571. The zero-order chi connectivity index (χ0) is 14.5. The van der Waals surface area contributed by atoms with Gasteiger partial charge in [0.15, 0.2) is 0 Å². The molecule has 1 aromatic rings. The second-order valence-electron chi connectivity index (χ2n) is 5.17. The van der Waals surface area contributed by atoms with Crippen LogP contribution in [-0.2, 0) is 10.0 Å². The zero-order valence-electron chi connectivity index (χ0n) is 11.9. The lowest BCUT2D eigenvalue weighted by atomic mass is 10.1. The fourth-order valence-corrected chi connectivity index (χ4v) is 2.82. The lowest BCUT2D eigenvalue weighted by molar-refractivity contribution is 0.551. The highest BCUT2D eigenvalue weighted by Crippen LogP contribution is 2.18. The van der Waals surface area contributed by atoms with E-state index in [4.69, 9.17) is 5.73 Å². The first-order valence-electron chi connectivity index (χ1n) is 6.72. The van der Waals surface area contributed by atoms with Crippen molar-refractivity contribution in [3.8, 4) is 0 Å². The number of rotatable bonds is 7. The SMILES string of the molecule is CCC(N)c1cccc(S(=O)(=O)NCCC(C)C)c1. The predicted molar refractivity (Wildman–Crippen MR) is 78.3 cm³/mol. The van der Waals surface area contributed by atoms with E-state index in [1.165, 1.54) is 0 Å². The minimum atomic E-state index is -3.43. The van der Waals surface area contributed by atoms with Crippen LogP contribution in [0.25, 0.3) is 0 Å². The summed E-state index contributed by atoms with van der Waals surface area (Å²) in [6, 6.07) is 6.74. The van der Waals surface area contributed by atoms with Crippen LogP contribution in [0.1, 0.15) is 45.2 Å². The molecule has 108 valence electrons. The van der Waals surface area contributed by atoms with E-state index in [1.54, 1.807) is 18.2 Å². The molecular formula is C14H24N2O2S. The van der Waals surface area contributed by atoms with Crippen LogP contribution in [-0.4, -0.2) is 15.0 Å². The third-order valence-corrected chi connectivity index (χ3v) is 4.51. The van der Waals surface area contributed by atoms with Crippen LogP contribution in [0.15, 0.2) is 29.2 Å². The van der Waals surface area contributed by atoms with E-state index < -0.39 is 10.0 Å². The molecule has 4 nitrogen and oxygen atoms in total. The summed E-state index contributed by atoms with van der Waals surface area (Å²) in [5.41, 5.74) is 6.79. The van der Waals surface area contributed by atoms with Gasteiger partial charge in [-0.2, -0.15) is 0 Å². The Morgan fingerprint density at radius 2 is 2.00 bits per heavy atom. The summed E-state index contributed by atoms with van der Waals surface area (Å²) in [6.07, 6.45) is 1.61. The van der Waals surface area contributed by atoms with Gasteiger partial charge in [-0.25, -0.2) is 13.1 Å². The van der Waals surface area contributed by atoms with Gasteiger partial charge in [0, 0.05) is 12.6 Å². The Hall–Kier alpha value is -0.910. The van der Waals surface area contributed by atoms with Crippen molar-refractivity contribution in [1.29, 1.82) is 0 Å². The van der Waals surface area contributed by atoms with Crippen molar-refractivity contribution in [3.63, 3.8) is 0 Å². The first-order chi connectivity index (χ1) is 8.86. The second kappa shape index (κ2) is 7.03. The van der Waals surface area contributed by atoms with Crippen molar-refractivity contribution in [3.05, 3.63) is 29.8 Å². The van der Waals surface area contributed by atoms with E-state index in [2.05, 4.69) is 18.6 Å². The summed E-state index contributed by atoms with van der Waals surface area (Å²) in [6.45, 7) is 6.57. The van der Waals surface area contributed by atoms with Gasteiger partial charge in [0.1, 0.15) is 0 Å². The first kappa shape index (κ1) is 16.1. The van der Waals surface area contributed by atoms with Gasteiger partial charge in [0.2, 0.25) is 10.0 Å². The summed E-state index contributed by atoms with van der Waals surface area (Å²) in [5, 5.41) is 0. The molecule has 0 fully saturated rings. The molecule has 0 spiro atoms. The van der Waals surface area contributed by atoms with Crippen LogP contribution in [0.5, 0.6) is 0 Å². The number of sulfonamides is 1. The highest BCUT2D eigenvalue weighted by atomic mass is 32.2. The van der Waals surface area contributed by atoms with Crippen molar-refractivity contribution >= 4 is 10.0 Å². The quantitative estimate of drug-likeness (QED) is 0.807. The molecule has 1 rings (SSSR count). The molecule has 0 aliphatic rings. The Morgan fingerprint density at radius 3 is 2.58 bits per heavy atom. The minimum absolute atomic E-state index is 0.120. The summed E-state index contributed by atoms with van der Waals surface area (Å²) in [4.78, 5) is 0.289. The molecule has 1 atom stereocenters. The fourth-order valence-electron chi connectivity index (χ4n) is 1.71. The van der Waals surface area contributed by atoms with Gasteiger partial charge in [0.25, 0.3) is 0 Å². The van der Waals surface area contributed by atoms with Crippen LogP contribution >= 0.6 is 0 Å². The molecule has 0 aromatic heterocycles. The molecule has 0 heterocycles. The van der Waals surface area contributed by atoms with E-state index in [0.29, 0.717) is 12.5 Å². The van der Waals surface area contributed by atoms with Crippen molar-refractivity contribution in [2.24, 2.45) is 11.7 Å². The molecule has 0 radical (unpaired) electrons. The van der Waals surface area contributed by atoms with Crippen LogP contribution in [0, 0.1) is 5.92 Å². The predicted octanol–water partition coefficient (Wildman–Crippen LogP) is 2.42. The van der Waals surface area contributed by atoms with Crippen LogP contribution < -0.4 is 10.5 Å². The molecule has 0 bridgehead atoms. The van der Waals surface area contributed by atoms with Crippen LogP contribution in [0.4, 0.5) is 0 Å². The number of benzene rings is 1. The normalized spacial score (nSPS) is 13.7. The number of hydrogen-bond acceptors (Lipinski definition) is 3. The lowest BCUT2D eigenvalue weighted by Gasteiger charge is -2.12. The first-order valence-corrected chi connectivity index (χ1v) is 8.20. The Morgan fingerprint density at radius 1 is 1.32 bits per heavy atom. The molecule has 19 heavy (non-hydrogen) atoms. The highest BCUT2D eigenvalue weighted by molar-refractivity contribution is 7.89. The monoisotopic (exact) mass is 284 g/mol. The summed E-state index contributed by atoms with van der Waals surface area (Å²) < 4.78 is 26.9. The third-order valence-electron chi connectivity index (χ3n) is 3.05. The Kier molecular flexibility index (Phi) is 5.97. The van der Waals surface area contributed by atoms with Gasteiger partial charge in [0.05, 0.1) is 4.90 Å². The molecule has 0 saturated carbocycles. The number of nitrogens with one attached hydrogen (secondary N) is 1. The van der Waals surface area contributed by atoms with Crippen molar-refractivity contribution in [2.75, 3.05) is 6.54 Å². The maximum absolute atomic E-state index is 12.1. The average molecular weight is 284 g/mol. The number of hydrogen-bond donors (Lipinski definition) is 2.